The Labute approximate surface area is 113 Å². The number of nitrogens with one attached hydrogen (secondary N) is 2. The molecule has 0 rings (SSSR count). The number of hydrogen-bond donors (Lipinski definition) is 4. The molecule has 0 aromatic heterocycles. The van der Waals surface area contributed by atoms with Gasteiger partial charge in [-0.05, 0) is 20.8 Å². The fraction of sp³-hybridized carbons (Fsp3) is 0.700. The van der Waals surface area contributed by atoms with E-state index in [0.29, 0.717) is 6.92 Å². The van der Waals surface area contributed by atoms with Crippen LogP contribution >= 0.6 is 0 Å². The third-order valence-corrected chi connectivity index (χ3v) is 2.58. The lowest BCUT2D eigenvalue weighted by molar-refractivity contribution is -0.198. The molecule has 0 bridgehead atoms. The van der Waals surface area contributed by atoms with Gasteiger partial charge in [0.25, 0.3) is 5.91 Å². The maximum absolute atomic E-state index is 13.0. The number of nitrogens with two attached hydrogens (primary N) is 2. The van der Waals surface area contributed by atoms with Gasteiger partial charge in [-0.1, -0.05) is 0 Å². The summed E-state index contributed by atoms with van der Waals surface area (Å²) in [6.07, 6.45) is -5.08. The van der Waals surface area contributed by atoms with Crippen LogP contribution in [0.3, 0.4) is 0 Å². The molecule has 3 amide bonds. The Kier molecular flexibility index (Phi) is 5.52. The molecule has 0 fully saturated rings. The first-order valence-electron chi connectivity index (χ1n) is 5.57. The molecule has 0 aliphatic heterocycles. The van der Waals surface area contributed by atoms with E-state index in [-0.39, 0.29) is 0 Å². The van der Waals surface area contributed by atoms with Gasteiger partial charge in [-0.3, -0.25) is 14.4 Å². The number of rotatable bonds is 5. The standard InChI is InChI=1S/C10H17F3N4O3/c1-4(14)7(19)17-9(3,10(11,12)13)8(20)16-5(2)6(15)18/h4-5H,14H2,1-3H3,(H2,15,18)(H,16,20)(H,17,19)/t4-,5-,9-/m0/s1. The molecule has 0 aromatic carbocycles. The fourth-order valence-corrected chi connectivity index (χ4v) is 1.03. The highest BCUT2D eigenvalue weighted by Gasteiger charge is 2.58. The number of halogens is 3. The van der Waals surface area contributed by atoms with Gasteiger partial charge in [-0.2, -0.15) is 13.2 Å². The number of carbonyl (C=O) groups is 3. The van der Waals surface area contributed by atoms with E-state index >= 15 is 0 Å². The molecule has 0 aliphatic rings. The number of hydrogen-bond acceptors (Lipinski definition) is 4. The van der Waals surface area contributed by atoms with Gasteiger partial charge in [-0.25, -0.2) is 0 Å². The van der Waals surface area contributed by atoms with Gasteiger partial charge in [0.2, 0.25) is 17.4 Å². The van der Waals surface area contributed by atoms with E-state index < -0.39 is 41.5 Å². The summed E-state index contributed by atoms with van der Waals surface area (Å²) in [5.41, 5.74) is 6.77. The van der Waals surface area contributed by atoms with Crippen LogP contribution in [0.4, 0.5) is 13.2 Å². The summed E-state index contributed by atoms with van der Waals surface area (Å²) < 4.78 is 39.0. The van der Waals surface area contributed by atoms with Crippen molar-refractivity contribution in [2.24, 2.45) is 11.5 Å². The Morgan fingerprint density at radius 1 is 1.15 bits per heavy atom. The van der Waals surface area contributed by atoms with Crippen molar-refractivity contribution in [1.29, 1.82) is 0 Å². The Bertz CT molecular complexity index is 411. The molecule has 0 heterocycles. The molecular weight excluding hydrogens is 281 g/mol. The summed E-state index contributed by atoms with van der Waals surface area (Å²) in [5.74, 6) is -3.78. The molecule has 116 valence electrons. The lowest BCUT2D eigenvalue weighted by Crippen LogP contribution is -2.68. The summed E-state index contributed by atoms with van der Waals surface area (Å²) in [6, 6.07) is -2.56. The van der Waals surface area contributed by atoms with E-state index in [1.54, 1.807) is 5.32 Å². The topological polar surface area (TPSA) is 127 Å². The van der Waals surface area contributed by atoms with Crippen LogP contribution in [0.2, 0.25) is 0 Å². The first kappa shape index (κ1) is 18.2. The maximum atomic E-state index is 13.0. The fourth-order valence-electron chi connectivity index (χ4n) is 1.03. The summed E-state index contributed by atoms with van der Waals surface area (Å²) in [7, 11) is 0. The number of amides is 3. The van der Waals surface area contributed by atoms with Crippen molar-refractivity contribution in [2.75, 3.05) is 0 Å². The third-order valence-electron chi connectivity index (χ3n) is 2.58. The van der Waals surface area contributed by atoms with E-state index in [1.807, 2.05) is 0 Å². The van der Waals surface area contributed by atoms with E-state index in [2.05, 4.69) is 0 Å². The summed E-state index contributed by atoms with van der Waals surface area (Å²) in [6.45, 7) is 2.75. The van der Waals surface area contributed by atoms with Crippen molar-refractivity contribution < 1.29 is 27.6 Å². The maximum Gasteiger partial charge on any atom is 0.420 e. The predicted octanol–water partition coefficient (Wildman–Crippen LogP) is -1.24. The first-order valence-corrected chi connectivity index (χ1v) is 5.57. The second-order valence-corrected chi connectivity index (χ2v) is 4.50. The van der Waals surface area contributed by atoms with Crippen LogP contribution in [-0.2, 0) is 14.4 Å². The summed E-state index contributed by atoms with van der Waals surface area (Å²) in [5, 5.41) is 3.31. The molecule has 0 radical (unpaired) electrons. The second-order valence-electron chi connectivity index (χ2n) is 4.50. The monoisotopic (exact) mass is 298 g/mol. The van der Waals surface area contributed by atoms with Crippen LogP contribution in [0.15, 0.2) is 0 Å². The highest BCUT2D eigenvalue weighted by Crippen LogP contribution is 2.30. The minimum absolute atomic E-state index is 0.469. The zero-order valence-electron chi connectivity index (χ0n) is 11.2. The molecular formula is C10H17F3N4O3. The highest BCUT2D eigenvalue weighted by atomic mass is 19.4. The average molecular weight is 298 g/mol. The summed E-state index contributed by atoms with van der Waals surface area (Å²) in [4.78, 5) is 33.8. The first-order chi connectivity index (χ1) is 8.83. The van der Waals surface area contributed by atoms with Gasteiger partial charge in [0.05, 0.1) is 6.04 Å². The van der Waals surface area contributed by atoms with Crippen LogP contribution in [0.25, 0.3) is 0 Å². The highest BCUT2D eigenvalue weighted by molar-refractivity contribution is 5.95. The van der Waals surface area contributed by atoms with Gasteiger partial charge in [0.1, 0.15) is 6.04 Å². The van der Waals surface area contributed by atoms with Crippen molar-refractivity contribution in [3.63, 3.8) is 0 Å². The van der Waals surface area contributed by atoms with Crippen molar-refractivity contribution >= 4 is 17.7 Å². The van der Waals surface area contributed by atoms with Crippen LogP contribution in [0.1, 0.15) is 20.8 Å². The molecule has 6 N–H and O–H groups in total. The molecule has 0 spiro atoms. The molecule has 20 heavy (non-hydrogen) atoms. The SMILES string of the molecule is C[C@H](N)C(=O)N[C@@](C)(C(=O)N[C@@H](C)C(N)=O)C(F)(F)F. The minimum atomic E-state index is -5.08. The molecule has 3 atom stereocenters. The summed E-state index contributed by atoms with van der Waals surface area (Å²) >= 11 is 0. The van der Waals surface area contributed by atoms with E-state index in [1.165, 1.54) is 5.32 Å². The van der Waals surface area contributed by atoms with E-state index in [9.17, 15) is 27.6 Å². The zero-order valence-corrected chi connectivity index (χ0v) is 11.2. The number of carbonyl (C=O) groups excluding carboxylic acids is 3. The average Bonchev–Trinajstić information content (AvgIpc) is 2.26. The molecule has 0 saturated carbocycles. The molecule has 0 aromatic rings. The molecule has 0 unspecified atom stereocenters. The Hall–Kier alpha value is -1.84. The Morgan fingerprint density at radius 2 is 1.60 bits per heavy atom. The van der Waals surface area contributed by atoms with Crippen molar-refractivity contribution in [1.82, 2.24) is 10.6 Å². The van der Waals surface area contributed by atoms with Gasteiger partial charge in [-0.15, -0.1) is 0 Å². The predicted molar refractivity (Wildman–Crippen MR) is 63.1 cm³/mol. The van der Waals surface area contributed by atoms with Crippen LogP contribution in [-0.4, -0.2) is 41.5 Å². The molecule has 10 heteroatoms. The Balaban J connectivity index is 5.30. The third kappa shape index (κ3) is 4.08. The van der Waals surface area contributed by atoms with Crippen molar-refractivity contribution in [3.05, 3.63) is 0 Å². The zero-order chi connectivity index (χ0) is 16.3. The number of alkyl halides is 3. The number of primary amides is 1. The van der Waals surface area contributed by atoms with Crippen LogP contribution in [0.5, 0.6) is 0 Å². The van der Waals surface area contributed by atoms with Crippen LogP contribution < -0.4 is 22.1 Å². The smallest absolute Gasteiger partial charge is 0.368 e. The van der Waals surface area contributed by atoms with Gasteiger partial charge < -0.3 is 22.1 Å². The lowest BCUT2D eigenvalue weighted by atomic mass is 9.99. The van der Waals surface area contributed by atoms with E-state index in [4.69, 9.17) is 11.5 Å². The van der Waals surface area contributed by atoms with Crippen LogP contribution in [0, 0.1) is 0 Å². The quantitative estimate of drug-likeness (QED) is 0.506. The Morgan fingerprint density at radius 3 is 1.90 bits per heavy atom. The van der Waals surface area contributed by atoms with Gasteiger partial charge in [0.15, 0.2) is 0 Å². The minimum Gasteiger partial charge on any atom is -0.368 e. The normalized spacial score (nSPS) is 17.6. The van der Waals surface area contributed by atoms with Gasteiger partial charge >= 0.3 is 6.18 Å². The van der Waals surface area contributed by atoms with Crippen molar-refractivity contribution in [2.45, 2.75) is 44.6 Å². The van der Waals surface area contributed by atoms with Crippen molar-refractivity contribution in [3.8, 4) is 0 Å². The van der Waals surface area contributed by atoms with Gasteiger partial charge in [0, 0.05) is 0 Å². The molecule has 0 aliphatic carbocycles. The largest absolute Gasteiger partial charge is 0.420 e. The lowest BCUT2D eigenvalue weighted by Gasteiger charge is -2.32. The second kappa shape index (κ2) is 6.07. The van der Waals surface area contributed by atoms with E-state index in [0.717, 1.165) is 13.8 Å². The molecule has 7 nitrogen and oxygen atoms in total. The molecule has 0 saturated heterocycles.